The van der Waals surface area contributed by atoms with Gasteiger partial charge in [-0.1, -0.05) is 15.9 Å². The molecule has 0 fully saturated rings. The van der Waals surface area contributed by atoms with Crippen molar-refractivity contribution >= 4 is 33.0 Å². The molecule has 5 heteroatoms. The molecular formula is C13H12BrFN2O. The van der Waals surface area contributed by atoms with E-state index in [1.165, 1.54) is 6.07 Å². The van der Waals surface area contributed by atoms with Crippen molar-refractivity contribution in [3.8, 4) is 5.75 Å². The van der Waals surface area contributed by atoms with Gasteiger partial charge in [0.1, 0.15) is 11.6 Å². The predicted molar refractivity (Wildman–Crippen MR) is 74.8 cm³/mol. The molecule has 0 heterocycles. The lowest BCUT2D eigenvalue weighted by molar-refractivity contribution is 0.415. The summed E-state index contributed by atoms with van der Waals surface area (Å²) in [5, 5.41) is 2.95. The van der Waals surface area contributed by atoms with Gasteiger partial charge in [-0.3, -0.25) is 0 Å². The van der Waals surface area contributed by atoms with E-state index in [-0.39, 0.29) is 5.82 Å². The average Bonchev–Trinajstić information content (AvgIpc) is 2.36. The maximum Gasteiger partial charge on any atom is 0.146 e. The molecule has 0 saturated heterocycles. The monoisotopic (exact) mass is 310 g/mol. The third kappa shape index (κ3) is 2.73. The van der Waals surface area contributed by atoms with Crippen LogP contribution in [0.3, 0.4) is 0 Å². The predicted octanol–water partition coefficient (Wildman–Crippen LogP) is 3.92. The van der Waals surface area contributed by atoms with Gasteiger partial charge in [-0.15, -0.1) is 0 Å². The van der Waals surface area contributed by atoms with E-state index in [9.17, 15) is 4.39 Å². The molecule has 2 rings (SSSR count). The van der Waals surface area contributed by atoms with Gasteiger partial charge in [0.25, 0.3) is 0 Å². The smallest absolute Gasteiger partial charge is 0.146 e. The van der Waals surface area contributed by atoms with Gasteiger partial charge in [0.05, 0.1) is 24.2 Å². The van der Waals surface area contributed by atoms with Crippen molar-refractivity contribution in [1.29, 1.82) is 0 Å². The number of anilines is 3. The van der Waals surface area contributed by atoms with Crippen LogP contribution in [0.25, 0.3) is 0 Å². The molecule has 3 N–H and O–H groups in total. The van der Waals surface area contributed by atoms with Gasteiger partial charge >= 0.3 is 0 Å². The Hall–Kier alpha value is -1.75. The van der Waals surface area contributed by atoms with Gasteiger partial charge in [-0.05, 0) is 30.3 Å². The van der Waals surface area contributed by atoms with E-state index in [0.29, 0.717) is 22.8 Å². The average molecular weight is 311 g/mol. The number of nitrogens with one attached hydrogen (secondary N) is 1. The summed E-state index contributed by atoms with van der Waals surface area (Å²) in [5.41, 5.74) is 7.34. The van der Waals surface area contributed by atoms with Gasteiger partial charge in [0.15, 0.2) is 0 Å². The Morgan fingerprint density at radius 1 is 1.17 bits per heavy atom. The van der Waals surface area contributed by atoms with E-state index in [1.54, 1.807) is 37.4 Å². The number of nitrogen functional groups attached to an aromatic ring is 1. The Labute approximate surface area is 113 Å². The zero-order chi connectivity index (χ0) is 13.1. The molecule has 0 bridgehead atoms. The standard InChI is InChI=1S/C13H12BrFN2O/c1-18-9-3-5-12(11(16)7-9)17-13-6-8(14)2-4-10(13)15/h2-7,17H,16H2,1H3. The second-order valence-corrected chi connectivity index (χ2v) is 4.62. The molecule has 0 aliphatic heterocycles. The van der Waals surface area contributed by atoms with E-state index in [2.05, 4.69) is 21.2 Å². The van der Waals surface area contributed by atoms with Gasteiger partial charge in [0, 0.05) is 10.5 Å². The van der Waals surface area contributed by atoms with E-state index in [4.69, 9.17) is 10.5 Å². The number of halogens is 2. The second kappa shape index (κ2) is 5.27. The summed E-state index contributed by atoms with van der Waals surface area (Å²) in [6.07, 6.45) is 0. The Morgan fingerprint density at radius 2 is 1.94 bits per heavy atom. The second-order valence-electron chi connectivity index (χ2n) is 3.70. The first-order chi connectivity index (χ1) is 8.60. The van der Waals surface area contributed by atoms with Crippen molar-refractivity contribution in [2.75, 3.05) is 18.2 Å². The van der Waals surface area contributed by atoms with E-state index >= 15 is 0 Å². The highest BCUT2D eigenvalue weighted by atomic mass is 79.9. The van der Waals surface area contributed by atoms with Gasteiger partial charge in [0.2, 0.25) is 0 Å². The van der Waals surface area contributed by atoms with Crippen LogP contribution in [0.2, 0.25) is 0 Å². The molecule has 0 spiro atoms. The summed E-state index contributed by atoms with van der Waals surface area (Å²) in [7, 11) is 1.57. The van der Waals surface area contributed by atoms with Crippen LogP contribution in [-0.4, -0.2) is 7.11 Å². The quantitative estimate of drug-likeness (QED) is 0.845. The fourth-order valence-corrected chi connectivity index (χ4v) is 1.88. The SMILES string of the molecule is COc1ccc(Nc2cc(Br)ccc2F)c(N)c1. The van der Waals surface area contributed by atoms with Crippen LogP contribution in [0.4, 0.5) is 21.5 Å². The Kier molecular flexibility index (Phi) is 3.72. The van der Waals surface area contributed by atoms with Crippen LogP contribution in [0.5, 0.6) is 5.75 Å². The largest absolute Gasteiger partial charge is 0.497 e. The van der Waals surface area contributed by atoms with Crippen molar-refractivity contribution in [2.24, 2.45) is 0 Å². The molecule has 0 amide bonds. The maximum absolute atomic E-state index is 13.6. The minimum Gasteiger partial charge on any atom is -0.497 e. The summed E-state index contributed by atoms with van der Waals surface area (Å²) >= 11 is 3.29. The first-order valence-electron chi connectivity index (χ1n) is 5.26. The van der Waals surface area contributed by atoms with E-state index in [1.807, 2.05) is 0 Å². The number of benzene rings is 2. The molecule has 0 atom stereocenters. The van der Waals surface area contributed by atoms with Crippen molar-refractivity contribution in [1.82, 2.24) is 0 Å². The zero-order valence-corrected chi connectivity index (χ0v) is 11.3. The Bertz CT molecular complexity index is 575. The summed E-state index contributed by atoms with van der Waals surface area (Å²) < 4.78 is 19.4. The highest BCUT2D eigenvalue weighted by Crippen LogP contribution is 2.29. The van der Waals surface area contributed by atoms with Crippen molar-refractivity contribution in [3.63, 3.8) is 0 Å². The molecule has 2 aromatic carbocycles. The van der Waals surface area contributed by atoms with Gasteiger partial charge in [-0.25, -0.2) is 4.39 Å². The fourth-order valence-electron chi connectivity index (χ4n) is 1.52. The summed E-state index contributed by atoms with van der Waals surface area (Å²) in [6.45, 7) is 0. The summed E-state index contributed by atoms with van der Waals surface area (Å²) in [5.74, 6) is 0.321. The number of hydrogen-bond acceptors (Lipinski definition) is 3. The minimum absolute atomic E-state index is 0.339. The molecule has 0 aliphatic rings. The number of rotatable bonds is 3. The number of methoxy groups -OCH3 is 1. The molecule has 3 nitrogen and oxygen atoms in total. The minimum atomic E-state index is -0.339. The molecule has 0 unspecified atom stereocenters. The Morgan fingerprint density at radius 3 is 2.61 bits per heavy atom. The van der Waals surface area contributed by atoms with Crippen molar-refractivity contribution < 1.29 is 9.13 Å². The first-order valence-corrected chi connectivity index (χ1v) is 6.05. The third-order valence-corrected chi connectivity index (χ3v) is 2.95. The topological polar surface area (TPSA) is 47.3 Å². The molecule has 0 saturated carbocycles. The molecule has 0 aliphatic carbocycles. The number of ether oxygens (including phenoxy) is 1. The first kappa shape index (κ1) is 12.7. The number of nitrogens with two attached hydrogens (primary N) is 1. The number of hydrogen-bond donors (Lipinski definition) is 2. The molecule has 0 radical (unpaired) electrons. The van der Waals surface area contributed by atoms with E-state index < -0.39 is 0 Å². The lowest BCUT2D eigenvalue weighted by Crippen LogP contribution is -1.98. The van der Waals surface area contributed by atoms with Crippen LogP contribution in [0.1, 0.15) is 0 Å². The van der Waals surface area contributed by atoms with Gasteiger partial charge in [-0.2, -0.15) is 0 Å². The third-order valence-electron chi connectivity index (χ3n) is 2.46. The van der Waals surface area contributed by atoms with Crippen LogP contribution in [0.15, 0.2) is 40.9 Å². The molecule has 0 aromatic heterocycles. The van der Waals surface area contributed by atoms with Crippen LogP contribution in [-0.2, 0) is 0 Å². The van der Waals surface area contributed by atoms with Crippen LogP contribution < -0.4 is 15.8 Å². The highest BCUT2D eigenvalue weighted by molar-refractivity contribution is 9.10. The van der Waals surface area contributed by atoms with Crippen LogP contribution >= 0.6 is 15.9 Å². The van der Waals surface area contributed by atoms with Gasteiger partial charge < -0.3 is 15.8 Å². The molecular weight excluding hydrogens is 299 g/mol. The summed E-state index contributed by atoms with van der Waals surface area (Å²) in [4.78, 5) is 0. The Balaban J connectivity index is 2.31. The molecule has 18 heavy (non-hydrogen) atoms. The van der Waals surface area contributed by atoms with Crippen molar-refractivity contribution in [2.45, 2.75) is 0 Å². The zero-order valence-electron chi connectivity index (χ0n) is 9.71. The molecule has 2 aromatic rings. The fraction of sp³-hybridized carbons (Fsp3) is 0.0769. The normalized spacial score (nSPS) is 10.2. The molecule has 94 valence electrons. The highest BCUT2D eigenvalue weighted by Gasteiger charge is 2.06. The van der Waals surface area contributed by atoms with Crippen LogP contribution in [0, 0.1) is 5.82 Å². The van der Waals surface area contributed by atoms with E-state index in [0.717, 1.165) is 4.47 Å². The van der Waals surface area contributed by atoms with Crippen molar-refractivity contribution in [3.05, 3.63) is 46.7 Å². The lowest BCUT2D eigenvalue weighted by Gasteiger charge is -2.11. The lowest BCUT2D eigenvalue weighted by atomic mass is 10.2. The maximum atomic E-state index is 13.6. The summed E-state index contributed by atoms with van der Waals surface area (Å²) in [6, 6.07) is 9.85.